The average Bonchev–Trinajstić information content (AvgIpc) is 2.40. The minimum absolute atomic E-state index is 0.138. The molecule has 0 bridgehead atoms. The summed E-state index contributed by atoms with van der Waals surface area (Å²) in [5.41, 5.74) is 6.08. The van der Waals surface area contributed by atoms with Gasteiger partial charge in [0.05, 0.1) is 6.54 Å². The highest BCUT2D eigenvalue weighted by molar-refractivity contribution is 9.10. The van der Waals surface area contributed by atoms with Gasteiger partial charge in [0.15, 0.2) is 0 Å². The molecule has 1 atom stereocenters. The van der Waals surface area contributed by atoms with Gasteiger partial charge >= 0.3 is 0 Å². The first-order valence-corrected chi connectivity index (χ1v) is 7.11. The Kier molecular flexibility index (Phi) is 7.25. The van der Waals surface area contributed by atoms with E-state index >= 15 is 0 Å². The molecule has 0 fully saturated rings. The van der Waals surface area contributed by atoms with Crippen molar-refractivity contribution in [3.8, 4) is 0 Å². The number of hydrogen-bond donors (Lipinski definition) is 2. The van der Waals surface area contributed by atoms with Crippen molar-refractivity contribution in [2.24, 2.45) is 11.7 Å². The molecule has 1 rings (SSSR count). The van der Waals surface area contributed by atoms with Crippen LogP contribution < -0.4 is 11.1 Å². The van der Waals surface area contributed by atoms with Crippen molar-refractivity contribution in [3.05, 3.63) is 34.3 Å². The second-order valence-electron chi connectivity index (χ2n) is 4.50. The topological polar surface area (TPSA) is 81.4 Å². The summed E-state index contributed by atoms with van der Waals surface area (Å²) < 4.78 is 6.00. The van der Waals surface area contributed by atoms with Crippen molar-refractivity contribution in [3.63, 3.8) is 0 Å². The van der Waals surface area contributed by atoms with E-state index in [9.17, 15) is 9.59 Å². The summed E-state index contributed by atoms with van der Waals surface area (Å²) in [4.78, 5) is 22.8. The lowest BCUT2D eigenvalue weighted by molar-refractivity contribution is -0.128. The second kappa shape index (κ2) is 8.71. The lowest BCUT2D eigenvalue weighted by Gasteiger charge is -2.16. The monoisotopic (exact) mass is 342 g/mol. The molecular formula is C14H19BrN2O3. The fourth-order valence-corrected chi connectivity index (χ4v) is 2.30. The maximum Gasteiger partial charge on any atom is 0.236 e. The van der Waals surface area contributed by atoms with Crippen molar-refractivity contribution >= 4 is 27.7 Å². The standard InChI is InChI=1S/C14H19BrN2O3/c1-20-6-5-11(14(19)17-9-13(16)18)7-10-3-2-4-12(15)8-10/h2-4,8,11H,5-7,9H2,1H3,(H2,16,18)(H,17,19)/t11-/m1/s1. The van der Waals surface area contributed by atoms with Crippen LogP contribution in [0, 0.1) is 5.92 Å². The van der Waals surface area contributed by atoms with Crippen molar-refractivity contribution in [1.82, 2.24) is 5.32 Å². The van der Waals surface area contributed by atoms with Gasteiger partial charge in [0, 0.05) is 24.1 Å². The molecule has 0 saturated carbocycles. The van der Waals surface area contributed by atoms with Crippen LogP contribution in [0.3, 0.4) is 0 Å². The third-order valence-corrected chi connectivity index (χ3v) is 3.34. The first-order chi connectivity index (χ1) is 9.52. The Morgan fingerprint density at radius 1 is 1.45 bits per heavy atom. The van der Waals surface area contributed by atoms with Crippen LogP contribution in [0.1, 0.15) is 12.0 Å². The summed E-state index contributed by atoms with van der Waals surface area (Å²) in [5, 5.41) is 2.55. The van der Waals surface area contributed by atoms with Crippen LogP contribution in [0.15, 0.2) is 28.7 Å². The molecule has 1 aromatic carbocycles. The molecule has 1 aromatic rings. The Morgan fingerprint density at radius 3 is 2.80 bits per heavy atom. The zero-order chi connectivity index (χ0) is 15.0. The van der Waals surface area contributed by atoms with Gasteiger partial charge in [0.25, 0.3) is 0 Å². The van der Waals surface area contributed by atoms with Crippen LogP contribution in [0.4, 0.5) is 0 Å². The van der Waals surface area contributed by atoms with Gasteiger partial charge in [-0.2, -0.15) is 0 Å². The Hall–Kier alpha value is -1.40. The highest BCUT2D eigenvalue weighted by atomic mass is 79.9. The molecule has 2 amide bonds. The van der Waals surface area contributed by atoms with Gasteiger partial charge < -0.3 is 15.8 Å². The predicted octanol–water partition coefficient (Wildman–Crippen LogP) is 1.25. The Balaban J connectivity index is 2.67. The number of amides is 2. The summed E-state index contributed by atoms with van der Waals surface area (Å²) >= 11 is 3.41. The number of rotatable bonds is 8. The highest BCUT2D eigenvalue weighted by Crippen LogP contribution is 2.17. The van der Waals surface area contributed by atoms with Gasteiger partial charge in [0.2, 0.25) is 11.8 Å². The van der Waals surface area contributed by atoms with E-state index in [2.05, 4.69) is 21.2 Å². The minimum atomic E-state index is -0.550. The fraction of sp³-hybridized carbons (Fsp3) is 0.429. The number of carbonyl (C=O) groups is 2. The normalized spacial score (nSPS) is 11.9. The molecule has 0 aliphatic rings. The fourth-order valence-electron chi connectivity index (χ4n) is 1.85. The second-order valence-corrected chi connectivity index (χ2v) is 5.41. The molecule has 0 saturated heterocycles. The van der Waals surface area contributed by atoms with Crippen molar-refractivity contribution in [2.45, 2.75) is 12.8 Å². The minimum Gasteiger partial charge on any atom is -0.385 e. The third-order valence-electron chi connectivity index (χ3n) is 2.85. The maximum absolute atomic E-state index is 12.1. The molecule has 0 aromatic heterocycles. The summed E-state index contributed by atoms with van der Waals surface area (Å²) in [5.74, 6) is -0.976. The largest absolute Gasteiger partial charge is 0.385 e. The lowest BCUT2D eigenvalue weighted by Crippen LogP contribution is -2.38. The number of nitrogens with two attached hydrogens (primary N) is 1. The first-order valence-electron chi connectivity index (χ1n) is 6.32. The summed E-state index contributed by atoms with van der Waals surface area (Å²) in [6.45, 7) is 0.351. The Morgan fingerprint density at radius 2 is 2.20 bits per heavy atom. The molecule has 0 spiro atoms. The molecule has 0 radical (unpaired) electrons. The van der Waals surface area contributed by atoms with E-state index in [0.29, 0.717) is 19.4 Å². The van der Waals surface area contributed by atoms with E-state index in [1.54, 1.807) is 7.11 Å². The number of benzene rings is 1. The summed E-state index contributed by atoms with van der Waals surface area (Å²) in [6, 6.07) is 7.79. The molecule has 110 valence electrons. The van der Waals surface area contributed by atoms with E-state index in [0.717, 1.165) is 10.0 Å². The van der Waals surface area contributed by atoms with Gasteiger partial charge in [-0.25, -0.2) is 0 Å². The Labute approximate surface area is 127 Å². The molecule has 6 heteroatoms. The molecule has 20 heavy (non-hydrogen) atoms. The smallest absolute Gasteiger partial charge is 0.236 e. The molecular weight excluding hydrogens is 324 g/mol. The van der Waals surface area contributed by atoms with Crippen LogP contribution in [0.25, 0.3) is 0 Å². The summed E-state index contributed by atoms with van der Waals surface area (Å²) in [7, 11) is 1.59. The number of carbonyl (C=O) groups excluding carboxylic acids is 2. The highest BCUT2D eigenvalue weighted by Gasteiger charge is 2.19. The van der Waals surface area contributed by atoms with E-state index in [-0.39, 0.29) is 18.4 Å². The quantitative estimate of drug-likeness (QED) is 0.745. The number of halogens is 1. The zero-order valence-corrected chi connectivity index (χ0v) is 13.0. The van der Waals surface area contributed by atoms with Crippen molar-refractivity contribution < 1.29 is 14.3 Å². The van der Waals surface area contributed by atoms with Crippen molar-refractivity contribution in [2.75, 3.05) is 20.3 Å². The van der Waals surface area contributed by atoms with Crippen LogP contribution in [-0.4, -0.2) is 32.1 Å². The van der Waals surface area contributed by atoms with E-state index in [1.807, 2.05) is 24.3 Å². The number of nitrogens with one attached hydrogen (secondary N) is 1. The van der Waals surface area contributed by atoms with E-state index in [1.165, 1.54) is 0 Å². The van der Waals surface area contributed by atoms with E-state index < -0.39 is 5.91 Å². The summed E-state index contributed by atoms with van der Waals surface area (Å²) in [6.07, 6.45) is 1.18. The van der Waals surface area contributed by atoms with E-state index in [4.69, 9.17) is 10.5 Å². The van der Waals surface area contributed by atoms with Crippen molar-refractivity contribution in [1.29, 1.82) is 0 Å². The molecule has 0 aliphatic carbocycles. The number of primary amides is 1. The van der Waals surface area contributed by atoms with Gasteiger partial charge in [0.1, 0.15) is 0 Å². The molecule has 0 heterocycles. The average molecular weight is 343 g/mol. The molecule has 0 unspecified atom stereocenters. The van der Waals surface area contributed by atoms with Crippen LogP contribution in [0.5, 0.6) is 0 Å². The number of hydrogen-bond acceptors (Lipinski definition) is 3. The molecule has 5 nitrogen and oxygen atoms in total. The number of methoxy groups -OCH3 is 1. The SMILES string of the molecule is COCC[C@H](Cc1cccc(Br)c1)C(=O)NCC(N)=O. The number of ether oxygens (including phenoxy) is 1. The van der Waals surface area contributed by atoms with Gasteiger partial charge in [-0.05, 0) is 30.5 Å². The Bertz CT molecular complexity index is 465. The van der Waals surface area contributed by atoms with Gasteiger partial charge in [-0.15, -0.1) is 0 Å². The third kappa shape index (κ3) is 6.16. The predicted molar refractivity (Wildman–Crippen MR) is 80.0 cm³/mol. The first kappa shape index (κ1) is 16.7. The zero-order valence-electron chi connectivity index (χ0n) is 11.4. The maximum atomic E-state index is 12.1. The van der Waals surface area contributed by atoms with Crippen LogP contribution >= 0.6 is 15.9 Å². The lowest BCUT2D eigenvalue weighted by atomic mass is 9.95. The van der Waals surface area contributed by atoms with Crippen LogP contribution in [-0.2, 0) is 20.7 Å². The van der Waals surface area contributed by atoms with Gasteiger partial charge in [-0.3, -0.25) is 9.59 Å². The molecule has 3 N–H and O–H groups in total. The van der Waals surface area contributed by atoms with Crippen LogP contribution in [0.2, 0.25) is 0 Å². The molecule has 0 aliphatic heterocycles. The van der Waals surface area contributed by atoms with Gasteiger partial charge in [-0.1, -0.05) is 28.1 Å².